The maximum absolute atomic E-state index is 12.5. The Morgan fingerprint density at radius 1 is 1.36 bits per heavy atom. The molecule has 1 aromatic carbocycles. The molecule has 1 N–H and O–H groups in total. The second kappa shape index (κ2) is 7.62. The van der Waals surface area contributed by atoms with Crippen LogP contribution in [0.5, 0.6) is 5.75 Å². The minimum atomic E-state index is -1.28. The maximum Gasteiger partial charge on any atom is 0.228 e. The van der Waals surface area contributed by atoms with Gasteiger partial charge in [-0.3, -0.25) is 4.79 Å². The molecular formula is C17H21N3O5. The lowest BCUT2D eigenvalue weighted by Gasteiger charge is -2.30. The van der Waals surface area contributed by atoms with Gasteiger partial charge >= 0.3 is 0 Å². The first-order chi connectivity index (χ1) is 12.1. The van der Waals surface area contributed by atoms with E-state index in [-0.39, 0.29) is 32.1 Å². The molecule has 134 valence electrons. The molecule has 1 aliphatic rings. The predicted octanol–water partition coefficient (Wildman–Crippen LogP) is 0.589. The Morgan fingerprint density at radius 2 is 2.16 bits per heavy atom. The highest BCUT2D eigenvalue weighted by Crippen LogP contribution is 2.17. The molecule has 0 bridgehead atoms. The Kier molecular flexibility index (Phi) is 5.30. The monoisotopic (exact) mass is 347 g/mol. The summed E-state index contributed by atoms with van der Waals surface area (Å²) in [5.41, 5.74) is -0.194. The number of para-hydroxylation sites is 1. The zero-order valence-electron chi connectivity index (χ0n) is 14.1. The van der Waals surface area contributed by atoms with Crippen LogP contribution in [0.3, 0.4) is 0 Å². The van der Waals surface area contributed by atoms with E-state index in [1.54, 1.807) is 11.8 Å². The third-order valence-electron chi connectivity index (χ3n) is 4.03. The van der Waals surface area contributed by atoms with Crippen LogP contribution in [0, 0.1) is 6.92 Å². The van der Waals surface area contributed by atoms with E-state index in [9.17, 15) is 9.90 Å². The van der Waals surface area contributed by atoms with Gasteiger partial charge in [0.25, 0.3) is 0 Å². The quantitative estimate of drug-likeness (QED) is 0.845. The van der Waals surface area contributed by atoms with Crippen LogP contribution < -0.4 is 4.74 Å². The highest BCUT2D eigenvalue weighted by molar-refractivity contribution is 5.78. The lowest BCUT2D eigenvalue weighted by Crippen LogP contribution is -2.50. The van der Waals surface area contributed by atoms with E-state index in [1.807, 2.05) is 30.3 Å². The third-order valence-corrected chi connectivity index (χ3v) is 4.03. The number of hydrogen-bond donors (Lipinski definition) is 1. The molecule has 0 radical (unpaired) electrons. The van der Waals surface area contributed by atoms with Crippen LogP contribution in [-0.4, -0.2) is 64.7 Å². The second-order valence-corrected chi connectivity index (χ2v) is 6.17. The lowest BCUT2D eigenvalue weighted by molar-refractivity contribution is -0.134. The minimum Gasteiger partial charge on any atom is -0.490 e. The number of carbonyl (C=O) groups excluding carboxylic acids is 1. The third kappa shape index (κ3) is 4.55. The van der Waals surface area contributed by atoms with Crippen molar-refractivity contribution in [3.05, 3.63) is 41.7 Å². The molecule has 1 fully saturated rings. The van der Waals surface area contributed by atoms with Gasteiger partial charge < -0.3 is 19.5 Å². The van der Waals surface area contributed by atoms with Gasteiger partial charge in [0.2, 0.25) is 5.91 Å². The molecule has 8 heteroatoms. The number of β-amino-alcohol motifs (C(OH)–C–C–N with tert-alkyl or cyclic N) is 1. The summed E-state index contributed by atoms with van der Waals surface area (Å²) in [7, 11) is 0. The van der Waals surface area contributed by atoms with E-state index in [0.717, 1.165) is 0 Å². The molecule has 0 unspecified atom stereocenters. The zero-order valence-corrected chi connectivity index (χ0v) is 14.1. The number of benzene rings is 1. The molecule has 3 rings (SSSR count). The molecule has 1 atom stereocenters. The van der Waals surface area contributed by atoms with Gasteiger partial charge in [-0.1, -0.05) is 28.5 Å². The molecule has 1 aromatic heterocycles. The van der Waals surface area contributed by atoms with Crippen molar-refractivity contribution in [2.24, 2.45) is 0 Å². The Labute approximate surface area is 145 Å². The van der Waals surface area contributed by atoms with Crippen molar-refractivity contribution in [3.8, 4) is 5.75 Å². The topological polar surface area (TPSA) is 97.9 Å². The smallest absolute Gasteiger partial charge is 0.228 e. The van der Waals surface area contributed by atoms with Crippen molar-refractivity contribution in [3.63, 3.8) is 0 Å². The van der Waals surface area contributed by atoms with Crippen molar-refractivity contribution >= 4 is 5.91 Å². The first-order valence-electron chi connectivity index (χ1n) is 8.09. The van der Waals surface area contributed by atoms with E-state index in [4.69, 9.17) is 9.47 Å². The van der Waals surface area contributed by atoms with Crippen molar-refractivity contribution in [2.75, 3.05) is 32.9 Å². The normalized spacial score (nSPS) is 21.0. The maximum atomic E-state index is 12.5. The Morgan fingerprint density at radius 3 is 2.88 bits per heavy atom. The van der Waals surface area contributed by atoms with Gasteiger partial charge in [0.15, 0.2) is 0 Å². The van der Waals surface area contributed by atoms with Crippen LogP contribution in [0.4, 0.5) is 0 Å². The average Bonchev–Trinajstić information content (AvgIpc) is 2.90. The van der Waals surface area contributed by atoms with Crippen LogP contribution in [0.15, 0.2) is 35.0 Å². The van der Waals surface area contributed by atoms with Gasteiger partial charge in [0.05, 0.1) is 26.2 Å². The largest absolute Gasteiger partial charge is 0.490 e. The number of aliphatic hydroxyl groups is 1. The molecule has 8 nitrogen and oxygen atoms in total. The van der Waals surface area contributed by atoms with Crippen LogP contribution in [0.25, 0.3) is 0 Å². The number of amides is 1. The molecule has 1 saturated heterocycles. The SMILES string of the molecule is Cc1nonc1CC(=O)N1CCOC[C@](O)(COc2ccccc2)C1. The molecule has 1 aliphatic heterocycles. The Bertz CT molecular complexity index is 705. The summed E-state index contributed by atoms with van der Waals surface area (Å²) in [6.07, 6.45) is 0.0744. The van der Waals surface area contributed by atoms with Crippen LogP contribution >= 0.6 is 0 Å². The van der Waals surface area contributed by atoms with Gasteiger partial charge in [0.1, 0.15) is 29.3 Å². The summed E-state index contributed by atoms with van der Waals surface area (Å²) in [4.78, 5) is 14.1. The number of aryl methyl sites for hydroxylation is 1. The summed E-state index contributed by atoms with van der Waals surface area (Å²) in [5, 5.41) is 18.2. The highest BCUT2D eigenvalue weighted by Gasteiger charge is 2.35. The van der Waals surface area contributed by atoms with Gasteiger partial charge in [0, 0.05) is 6.54 Å². The number of aromatic nitrogens is 2. The fourth-order valence-electron chi connectivity index (χ4n) is 2.62. The Balaban J connectivity index is 1.63. The number of rotatable bonds is 5. The fraction of sp³-hybridized carbons (Fsp3) is 0.471. The van der Waals surface area contributed by atoms with Crippen LogP contribution in [-0.2, 0) is 16.0 Å². The number of nitrogens with zero attached hydrogens (tertiary/aromatic N) is 3. The molecule has 0 aliphatic carbocycles. The standard InChI is InChI=1S/C17H21N3O5/c1-13-15(19-25-18-13)9-16(21)20-7-8-23-11-17(22,10-20)12-24-14-5-3-2-4-6-14/h2-6,22H,7-12H2,1H3/t17-/m0/s1. The van der Waals surface area contributed by atoms with Gasteiger partial charge in [-0.25, -0.2) is 4.63 Å². The fourth-order valence-corrected chi connectivity index (χ4v) is 2.62. The summed E-state index contributed by atoms with van der Waals surface area (Å²) < 4.78 is 15.7. The molecule has 0 saturated carbocycles. The first kappa shape index (κ1) is 17.4. The number of ether oxygens (including phenoxy) is 2. The van der Waals surface area contributed by atoms with Crippen molar-refractivity contribution in [2.45, 2.75) is 18.9 Å². The number of carbonyl (C=O) groups is 1. The van der Waals surface area contributed by atoms with E-state index in [1.165, 1.54) is 0 Å². The van der Waals surface area contributed by atoms with Crippen LogP contribution in [0.2, 0.25) is 0 Å². The first-order valence-corrected chi connectivity index (χ1v) is 8.09. The predicted molar refractivity (Wildman–Crippen MR) is 87.0 cm³/mol. The molecular weight excluding hydrogens is 326 g/mol. The van der Waals surface area contributed by atoms with Gasteiger partial charge in [-0.2, -0.15) is 0 Å². The Hall–Kier alpha value is -2.45. The van der Waals surface area contributed by atoms with E-state index < -0.39 is 5.60 Å². The van der Waals surface area contributed by atoms with Crippen molar-refractivity contribution in [1.82, 2.24) is 15.2 Å². The molecule has 0 spiro atoms. The van der Waals surface area contributed by atoms with E-state index in [2.05, 4.69) is 14.9 Å². The summed E-state index contributed by atoms with van der Waals surface area (Å²) >= 11 is 0. The number of hydrogen-bond acceptors (Lipinski definition) is 7. The summed E-state index contributed by atoms with van der Waals surface area (Å²) in [6, 6.07) is 9.21. The van der Waals surface area contributed by atoms with Crippen molar-refractivity contribution < 1.29 is 24.0 Å². The molecule has 1 amide bonds. The molecule has 2 aromatic rings. The van der Waals surface area contributed by atoms with Crippen molar-refractivity contribution in [1.29, 1.82) is 0 Å². The highest BCUT2D eigenvalue weighted by atomic mass is 16.6. The molecule has 25 heavy (non-hydrogen) atoms. The summed E-state index contributed by atoms with van der Waals surface area (Å²) in [5.74, 6) is 0.491. The van der Waals surface area contributed by atoms with E-state index >= 15 is 0 Å². The lowest BCUT2D eigenvalue weighted by atomic mass is 10.1. The zero-order chi connectivity index (χ0) is 17.7. The van der Waals surface area contributed by atoms with Gasteiger partial charge in [-0.15, -0.1) is 0 Å². The second-order valence-electron chi connectivity index (χ2n) is 6.17. The van der Waals surface area contributed by atoms with Gasteiger partial charge in [-0.05, 0) is 19.1 Å². The van der Waals surface area contributed by atoms with Crippen LogP contribution in [0.1, 0.15) is 11.4 Å². The molecule has 2 heterocycles. The summed E-state index contributed by atoms with van der Waals surface area (Å²) in [6.45, 7) is 2.75. The average molecular weight is 347 g/mol. The minimum absolute atomic E-state index is 0.0331. The van der Waals surface area contributed by atoms with E-state index in [0.29, 0.717) is 30.3 Å².